The van der Waals surface area contributed by atoms with Crippen LogP contribution in [-0.2, 0) is 26.1 Å². The Morgan fingerprint density at radius 3 is 2.90 bits per heavy atom. The van der Waals surface area contributed by atoms with Crippen molar-refractivity contribution in [3.05, 3.63) is 23.4 Å². The summed E-state index contributed by atoms with van der Waals surface area (Å²) < 4.78 is 7.43. The Bertz CT molecular complexity index is 587. The van der Waals surface area contributed by atoms with Gasteiger partial charge in [-0.2, -0.15) is 4.98 Å². The molecule has 0 amide bonds. The van der Waals surface area contributed by atoms with Crippen LogP contribution in [0.3, 0.4) is 0 Å². The minimum atomic E-state index is 0.528. The van der Waals surface area contributed by atoms with Crippen LogP contribution in [0.5, 0.6) is 0 Å². The van der Waals surface area contributed by atoms with Gasteiger partial charge in [-0.1, -0.05) is 19.0 Å². The molecule has 0 saturated carbocycles. The van der Waals surface area contributed by atoms with E-state index in [-0.39, 0.29) is 0 Å². The Kier molecular flexibility index (Phi) is 3.52. The van der Waals surface area contributed by atoms with E-state index in [2.05, 4.69) is 43.7 Å². The van der Waals surface area contributed by atoms with Gasteiger partial charge in [-0.25, -0.2) is 0 Å². The lowest BCUT2D eigenvalue weighted by atomic mass is 10.1. The van der Waals surface area contributed by atoms with Crippen molar-refractivity contribution in [3.63, 3.8) is 0 Å². The highest BCUT2D eigenvalue weighted by Crippen LogP contribution is 2.14. The summed E-state index contributed by atoms with van der Waals surface area (Å²) in [5, 5.41) is 12.4. The minimum Gasteiger partial charge on any atom is -0.339 e. The third-order valence-corrected chi connectivity index (χ3v) is 3.48. The zero-order valence-corrected chi connectivity index (χ0v) is 12.2. The van der Waals surface area contributed by atoms with Gasteiger partial charge in [0, 0.05) is 19.5 Å². The maximum Gasteiger partial charge on any atom is 0.226 e. The zero-order chi connectivity index (χ0) is 14.1. The molecule has 20 heavy (non-hydrogen) atoms. The fourth-order valence-corrected chi connectivity index (χ4v) is 2.47. The summed E-state index contributed by atoms with van der Waals surface area (Å²) in [6.07, 6.45) is 0.834. The van der Waals surface area contributed by atoms with Crippen LogP contribution >= 0.6 is 0 Å². The van der Waals surface area contributed by atoms with Gasteiger partial charge in [0.25, 0.3) is 0 Å². The molecule has 0 unspecified atom stereocenters. The summed E-state index contributed by atoms with van der Waals surface area (Å²) in [5.41, 5.74) is 0. The highest BCUT2D eigenvalue weighted by Gasteiger charge is 2.21. The Morgan fingerprint density at radius 1 is 1.25 bits per heavy atom. The highest BCUT2D eigenvalue weighted by atomic mass is 16.5. The topological polar surface area (TPSA) is 72.9 Å². The Morgan fingerprint density at radius 2 is 2.10 bits per heavy atom. The number of nitrogens with zero attached hydrogens (tertiary/aromatic N) is 6. The molecule has 0 fully saturated rings. The molecular weight excluding hydrogens is 256 g/mol. The number of fused-ring (bicyclic) bond motifs is 1. The van der Waals surface area contributed by atoms with Crippen LogP contribution in [0.25, 0.3) is 0 Å². The first kappa shape index (κ1) is 13.2. The maximum absolute atomic E-state index is 5.27. The van der Waals surface area contributed by atoms with Gasteiger partial charge in [0.1, 0.15) is 11.6 Å². The number of aromatic nitrogens is 5. The van der Waals surface area contributed by atoms with Crippen LogP contribution in [0.4, 0.5) is 0 Å². The Hall–Kier alpha value is -1.76. The first-order valence-electron chi connectivity index (χ1n) is 7.04. The lowest BCUT2D eigenvalue weighted by Gasteiger charge is -2.26. The first-order valence-corrected chi connectivity index (χ1v) is 7.04. The molecule has 7 heteroatoms. The standard InChI is InChI=1S/C13H20N6O/c1-9(2)6-13-14-11(17-20-13)7-18-4-5-19-10(3)15-16-12(19)8-18/h9H,4-8H2,1-3H3. The maximum atomic E-state index is 5.27. The van der Waals surface area contributed by atoms with Crippen molar-refractivity contribution in [1.82, 2.24) is 29.8 Å². The molecule has 0 spiro atoms. The quantitative estimate of drug-likeness (QED) is 0.835. The predicted molar refractivity (Wildman–Crippen MR) is 71.7 cm³/mol. The fourth-order valence-electron chi connectivity index (χ4n) is 2.47. The van der Waals surface area contributed by atoms with Crippen LogP contribution < -0.4 is 0 Å². The van der Waals surface area contributed by atoms with E-state index in [1.54, 1.807) is 0 Å². The van der Waals surface area contributed by atoms with E-state index in [0.29, 0.717) is 12.5 Å². The Labute approximate surface area is 118 Å². The van der Waals surface area contributed by atoms with Gasteiger partial charge in [-0.15, -0.1) is 10.2 Å². The minimum absolute atomic E-state index is 0.528. The summed E-state index contributed by atoms with van der Waals surface area (Å²) in [6, 6.07) is 0. The van der Waals surface area contributed by atoms with Crippen molar-refractivity contribution in [2.75, 3.05) is 6.54 Å². The van der Waals surface area contributed by atoms with Crippen molar-refractivity contribution < 1.29 is 4.52 Å². The van der Waals surface area contributed by atoms with Crippen LogP contribution in [0, 0.1) is 12.8 Å². The number of rotatable bonds is 4. The summed E-state index contributed by atoms with van der Waals surface area (Å²) in [6.45, 7) is 9.64. The number of hydrogen-bond donors (Lipinski definition) is 0. The SMILES string of the molecule is Cc1nnc2n1CCN(Cc1noc(CC(C)C)n1)C2. The molecule has 7 nitrogen and oxygen atoms in total. The molecule has 3 heterocycles. The van der Waals surface area contributed by atoms with E-state index in [1.165, 1.54) is 0 Å². The van der Waals surface area contributed by atoms with Crippen LogP contribution in [0.2, 0.25) is 0 Å². The van der Waals surface area contributed by atoms with E-state index in [9.17, 15) is 0 Å². The largest absolute Gasteiger partial charge is 0.339 e. The van der Waals surface area contributed by atoms with Gasteiger partial charge in [-0.05, 0) is 12.8 Å². The van der Waals surface area contributed by atoms with E-state index >= 15 is 0 Å². The summed E-state index contributed by atoms with van der Waals surface area (Å²) in [7, 11) is 0. The summed E-state index contributed by atoms with van der Waals surface area (Å²) in [4.78, 5) is 6.71. The van der Waals surface area contributed by atoms with Gasteiger partial charge in [-0.3, -0.25) is 4.90 Å². The van der Waals surface area contributed by atoms with Crippen molar-refractivity contribution in [2.24, 2.45) is 5.92 Å². The van der Waals surface area contributed by atoms with Crippen molar-refractivity contribution in [1.29, 1.82) is 0 Å². The average Bonchev–Trinajstić information content (AvgIpc) is 2.97. The molecule has 0 aromatic carbocycles. The van der Waals surface area contributed by atoms with E-state index in [1.807, 2.05) is 6.92 Å². The van der Waals surface area contributed by atoms with Gasteiger partial charge >= 0.3 is 0 Å². The molecule has 0 atom stereocenters. The van der Waals surface area contributed by atoms with Crippen LogP contribution in [0.1, 0.15) is 37.2 Å². The summed E-state index contributed by atoms with van der Waals surface area (Å²) >= 11 is 0. The van der Waals surface area contributed by atoms with Gasteiger partial charge < -0.3 is 9.09 Å². The van der Waals surface area contributed by atoms with E-state index in [4.69, 9.17) is 4.52 Å². The average molecular weight is 276 g/mol. The van der Waals surface area contributed by atoms with Gasteiger partial charge in [0.05, 0.1) is 13.1 Å². The molecule has 0 saturated heterocycles. The van der Waals surface area contributed by atoms with Crippen LogP contribution in [0.15, 0.2) is 4.52 Å². The Balaban J connectivity index is 1.63. The second-order valence-electron chi connectivity index (χ2n) is 5.73. The second kappa shape index (κ2) is 5.32. The third-order valence-electron chi connectivity index (χ3n) is 3.48. The molecule has 1 aliphatic rings. The third kappa shape index (κ3) is 2.72. The monoisotopic (exact) mass is 276 g/mol. The number of hydrogen-bond acceptors (Lipinski definition) is 6. The summed E-state index contributed by atoms with van der Waals surface area (Å²) in [5.74, 6) is 4.01. The normalized spacial score (nSPS) is 15.8. The van der Waals surface area contributed by atoms with Gasteiger partial charge in [0.2, 0.25) is 5.89 Å². The molecule has 2 aromatic rings. The molecule has 2 aromatic heterocycles. The zero-order valence-electron chi connectivity index (χ0n) is 12.2. The van der Waals surface area contributed by atoms with Crippen LogP contribution in [-0.4, -0.2) is 36.3 Å². The van der Waals surface area contributed by atoms with E-state index < -0.39 is 0 Å². The molecule has 108 valence electrons. The molecule has 0 bridgehead atoms. The molecule has 0 radical (unpaired) electrons. The molecular formula is C13H20N6O. The van der Waals surface area contributed by atoms with Crippen molar-refractivity contribution in [2.45, 2.75) is 46.8 Å². The first-order chi connectivity index (χ1) is 9.61. The second-order valence-corrected chi connectivity index (χ2v) is 5.73. The number of aryl methyl sites for hydroxylation is 1. The molecule has 1 aliphatic heterocycles. The lowest BCUT2D eigenvalue weighted by molar-refractivity contribution is 0.200. The van der Waals surface area contributed by atoms with Crippen molar-refractivity contribution >= 4 is 0 Å². The predicted octanol–water partition coefficient (Wildman–Crippen LogP) is 1.18. The fraction of sp³-hybridized carbons (Fsp3) is 0.692. The van der Waals surface area contributed by atoms with Gasteiger partial charge in [0.15, 0.2) is 5.82 Å². The van der Waals surface area contributed by atoms with Crippen molar-refractivity contribution in [3.8, 4) is 0 Å². The highest BCUT2D eigenvalue weighted by molar-refractivity contribution is 4.98. The molecule has 0 aliphatic carbocycles. The van der Waals surface area contributed by atoms with E-state index in [0.717, 1.165) is 49.4 Å². The molecule has 3 rings (SSSR count). The lowest BCUT2D eigenvalue weighted by Crippen LogP contribution is -2.34. The smallest absolute Gasteiger partial charge is 0.226 e. The molecule has 0 N–H and O–H groups in total.